The first-order chi connectivity index (χ1) is 12.0. The van der Waals surface area contributed by atoms with Crippen LogP contribution in [0.4, 0.5) is 0 Å². The summed E-state index contributed by atoms with van der Waals surface area (Å²) in [5.41, 5.74) is 9.61. The fourth-order valence-corrected chi connectivity index (χ4v) is 3.44. The van der Waals surface area contributed by atoms with E-state index in [0.29, 0.717) is 18.9 Å². The smallest absolute Gasteiger partial charge is 0.217 e. The Hall–Kier alpha value is -2.34. The van der Waals surface area contributed by atoms with Gasteiger partial charge in [-0.25, -0.2) is 9.97 Å². The van der Waals surface area contributed by atoms with E-state index in [2.05, 4.69) is 20.9 Å². The number of hydrogen-bond donors (Lipinski definition) is 1. The molecule has 25 heavy (non-hydrogen) atoms. The van der Waals surface area contributed by atoms with Crippen LogP contribution in [0, 0.1) is 13.8 Å². The Kier molecular flexibility index (Phi) is 5.38. The molecule has 0 aromatic carbocycles. The summed E-state index contributed by atoms with van der Waals surface area (Å²) >= 11 is 0. The summed E-state index contributed by atoms with van der Waals surface area (Å²) in [5.74, 6) is 0.527. The molecule has 132 valence electrons. The van der Waals surface area contributed by atoms with E-state index in [0.717, 1.165) is 54.3 Å². The highest BCUT2D eigenvalue weighted by atomic mass is 16.1. The van der Waals surface area contributed by atoms with E-state index >= 15 is 0 Å². The Morgan fingerprint density at radius 3 is 2.72 bits per heavy atom. The minimum Gasteiger partial charge on any atom is -0.370 e. The Labute approximate surface area is 148 Å². The number of pyridine rings is 1. The fraction of sp³-hybridized carbons (Fsp3) is 0.474. The van der Waals surface area contributed by atoms with Crippen LogP contribution >= 0.6 is 0 Å². The van der Waals surface area contributed by atoms with Crippen molar-refractivity contribution in [2.75, 3.05) is 6.54 Å². The van der Waals surface area contributed by atoms with Crippen molar-refractivity contribution >= 4 is 5.91 Å². The molecule has 6 heteroatoms. The van der Waals surface area contributed by atoms with Crippen molar-refractivity contribution in [3.63, 3.8) is 0 Å². The molecule has 3 heterocycles. The van der Waals surface area contributed by atoms with E-state index < -0.39 is 0 Å². The van der Waals surface area contributed by atoms with Gasteiger partial charge in [0.25, 0.3) is 0 Å². The van der Waals surface area contributed by atoms with Gasteiger partial charge in [-0.2, -0.15) is 0 Å². The van der Waals surface area contributed by atoms with Gasteiger partial charge in [0.15, 0.2) is 0 Å². The van der Waals surface area contributed by atoms with E-state index in [1.807, 2.05) is 32.3 Å². The molecule has 1 amide bonds. The van der Waals surface area contributed by atoms with Crippen molar-refractivity contribution in [2.45, 2.75) is 52.1 Å². The lowest BCUT2D eigenvalue weighted by Gasteiger charge is -2.24. The van der Waals surface area contributed by atoms with Gasteiger partial charge in [0.1, 0.15) is 5.82 Å². The van der Waals surface area contributed by atoms with E-state index in [4.69, 9.17) is 10.7 Å². The third kappa shape index (κ3) is 4.60. The summed E-state index contributed by atoms with van der Waals surface area (Å²) < 4.78 is 0. The molecule has 3 rings (SSSR count). The van der Waals surface area contributed by atoms with E-state index in [-0.39, 0.29) is 5.91 Å². The molecule has 2 N–H and O–H groups in total. The van der Waals surface area contributed by atoms with Crippen molar-refractivity contribution in [1.82, 2.24) is 19.9 Å². The minimum absolute atomic E-state index is 0.266. The quantitative estimate of drug-likeness (QED) is 0.872. The molecule has 6 nitrogen and oxygen atoms in total. The van der Waals surface area contributed by atoms with Crippen LogP contribution in [0.1, 0.15) is 53.6 Å². The summed E-state index contributed by atoms with van der Waals surface area (Å²) in [6.07, 6.45) is 7.10. The molecule has 0 saturated carbocycles. The number of primary amides is 1. The maximum atomic E-state index is 11.1. The maximum absolute atomic E-state index is 11.1. The van der Waals surface area contributed by atoms with Crippen LogP contribution in [0.25, 0.3) is 0 Å². The van der Waals surface area contributed by atoms with Gasteiger partial charge < -0.3 is 5.73 Å². The van der Waals surface area contributed by atoms with Gasteiger partial charge in [0.2, 0.25) is 5.91 Å². The van der Waals surface area contributed by atoms with Crippen LogP contribution < -0.4 is 5.73 Å². The highest BCUT2D eigenvalue weighted by Gasteiger charge is 2.27. The Morgan fingerprint density at radius 1 is 1.24 bits per heavy atom. The van der Waals surface area contributed by atoms with Gasteiger partial charge in [-0.1, -0.05) is 0 Å². The molecule has 1 saturated heterocycles. The number of amides is 1. The normalized spacial score (nSPS) is 17.8. The number of hydrogen-bond acceptors (Lipinski definition) is 5. The maximum Gasteiger partial charge on any atom is 0.217 e. The van der Waals surface area contributed by atoms with Crippen molar-refractivity contribution in [2.24, 2.45) is 5.73 Å². The first-order valence-corrected chi connectivity index (χ1v) is 8.78. The molecule has 0 aliphatic carbocycles. The zero-order valence-corrected chi connectivity index (χ0v) is 14.9. The number of nitrogens with two attached hydrogens (primary N) is 1. The van der Waals surface area contributed by atoms with E-state index in [1.54, 1.807) is 0 Å². The number of carbonyl (C=O) groups excluding carboxylic acids is 1. The predicted molar refractivity (Wildman–Crippen MR) is 95.6 cm³/mol. The first-order valence-electron chi connectivity index (χ1n) is 8.78. The molecule has 2 aromatic heterocycles. The van der Waals surface area contributed by atoms with Gasteiger partial charge in [0, 0.05) is 36.6 Å². The summed E-state index contributed by atoms with van der Waals surface area (Å²) in [6.45, 7) is 5.78. The molecule has 0 spiro atoms. The SMILES string of the molecule is Cc1cc(CCC(N)=O)cc([C@@H]2CCCN2Cc2cnc(C)nc2)n1. The Balaban J connectivity index is 1.77. The van der Waals surface area contributed by atoms with Gasteiger partial charge in [-0.05, 0) is 57.4 Å². The lowest BCUT2D eigenvalue weighted by Crippen LogP contribution is -2.24. The second kappa shape index (κ2) is 7.70. The molecule has 2 aromatic rings. The van der Waals surface area contributed by atoms with Crippen LogP contribution in [-0.4, -0.2) is 32.3 Å². The Bertz CT molecular complexity index is 744. The molecular weight excluding hydrogens is 314 g/mol. The van der Waals surface area contributed by atoms with Crippen LogP contribution in [0.5, 0.6) is 0 Å². The third-order valence-electron chi connectivity index (χ3n) is 4.62. The van der Waals surface area contributed by atoms with Gasteiger partial charge in [-0.3, -0.25) is 14.7 Å². The Morgan fingerprint density at radius 2 is 2.00 bits per heavy atom. The predicted octanol–water partition coefficient (Wildman–Crippen LogP) is 2.24. The number of likely N-dealkylation sites (tertiary alicyclic amines) is 1. The van der Waals surface area contributed by atoms with Crippen LogP contribution in [0.2, 0.25) is 0 Å². The molecule has 1 aliphatic rings. The summed E-state index contributed by atoms with van der Waals surface area (Å²) in [4.78, 5) is 26.8. The van der Waals surface area contributed by atoms with Crippen molar-refractivity contribution < 1.29 is 4.79 Å². The molecule has 1 aliphatic heterocycles. The summed E-state index contributed by atoms with van der Waals surface area (Å²) in [6, 6.07) is 4.47. The number of nitrogens with zero attached hydrogens (tertiary/aromatic N) is 4. The van der Waals surface area contributed by atoms with Crippen LogP contribution in [0.3, 0.4) is 0 Å². The second-order valence-electron chi connectivity index (χ2n) is 6.77. The minimum atomic E-state index is -0.266. The third-order valence-corrected chi connectivity index (χ3v) is 4.62. The molecule has 1 atom stereocenters. The molecule has 1 fully saturated rings. The van der Waals surface area contributed by atoms with Gasteiger partial charge in [0.05, 0.1) is 11.7 Å². The zero-order valence-electron chi connectivity index (χ0n) is 14.9. The average molecular weight is 339 g/mol. The molecule has 0 unspecified atom stereocenters. The largest absolute Gasteiger partial charge is 0.370 e. The van der Waals surface area contributed by atoms with Crippen LogP contribution in [-0.2, 0) is 17.8 Å². The number of aryl methyl sites for hydroxylation is 3. The lowest BCUT2D eigenvalue weighted by atomic mass is 10.0. The highest BCUT2D eigenvalue weighted by molar-refractivity contribution is 5.74. The van der Waals surface area contributed by atoms with Crippen molar-refractivity contribution in [3.05, 3.63) is 52.9 Å². The second-order valence-corrected chi connectivity index (χ2v) is 6.77. The monoisotopic (exact) mass is 339 g/mol. The zero-order chi connectivity index (χ0) is 17.8. The van der Waals surface area contributed by atoms with Gasteiger partial charge >= 0.3 is 0 Å². The summed E-state index contributed by atoms with van der Waals surface area (Å²) in [5, 5.41) is 0. The average Bonchev–Trinajstić information content (AvgIpc) is 3.03. The summed E-state index contributed by atoms with van der Waals surface area (Å²) in [7, 11) is 0. The standard InChI is InChI=1S/C19H25N5O/c1-13-8-15(5-6-19(20)25)9-17(23-13)18-4-3-7-24(18)12-16-10-21-14(2)22-11-16/h8-11,18H,3-7,12H2,1-2H3,(H2,20,25)/t18-/m0/s1. The van der Waals surface area contributed by atoms with Crippen LogP contribution in [0.15, 0.2) is 24.5 Å². The number of rotatable bonds is 6. The fourth-order valence-electron chi connectivity index (χ4n) is 3.44. The van der Waals surface area contributed by atoms with Gasteiger partial charge in [-0.15, -0.1) is 0 Å². The molecule has 0 bridgehead atoms. The number of carbonyl (C=O) groups is 1. The number of aromatic nitrogens is 3. The topological polar surface area (TPSA) is 85.0 Å². The molecular formula is C19H25N5O. The highest BCUT2D eigenvalue weighted by Crippen LogP contribution is 2.32. The van der Waals surface area contributed by atoms with Crippen molar-refractivity contribution in [1.29, 1.82) is 0 Å². The van der Waals surface area contributed by atoms with Crippen molar-refractivity contribution in [3.8, 4) is 0 Å². The van der Waals surface area contributed by atoms with E-state index in [9.17, 15) is 4.79 Å². The lowest BCUT2D eigenvalue weighted by molar-refractivity contribution is -0.117. The first kappa shape index (κ1) is 17.5. The van der Waals surface area contributed by atoms with E-state index in [1.165, 1.54) is 0 Å². The molecule has 0 radical (unpaired) electrons.